The van der Waals surface area contributed by atoms with Gasteiger partial charge in [-0.1, -0.05) is 38.1 Å². The minimum atomic E-state index is -0.180. The average molecular weight is 285 g/mol. The Morgan fingerprint density at radius 1 is 1.00 bits per heavy atom. The Bertz CT molecular complexity index is 619. The van der Waals surface area contributed by atoms with Gasteiger partial charge in [-0.25, -0.2) is 4.39 Å². The highest BCUT2D eigenvalue weighted by Crippen LogP contribution is 2.29. The fourth-order valence-corrected chi connectivity index (χ4v) is 2.86. The molecule has 2 rings (SSSR count). The van der Waals surface area contributed by atoms with Crippen molar-refractivity contribution in [3.05, 3.63) is 70.0 Å². The van der Waals surface area contributed by atoms with Crippen LogP contribution in [-0.2, 0) is 12.8 Å². The van der Waals surface area contributed by atoms with Crippen molar-refractivity contribution < 1.29 is 4.39 Å². The molecule has 2 aromatic carbocycles. The largest absolute Gasteiger partial charge is 0.309 e. The first-order valence-electron chi connectivity index (χ1n) is 7.65. The van der Waals surface area contributed by atoms with Gasteiger partial charge in [0, 0.05) is 0 Å². The van der Waals surface area contributed by atoms with Gasteiger partial charge in [-0.15, -0.1) is 0 Å². The lowest BCUT2D eigenvalue weighted by Gasteiger charge is -2.23. The number of hydrogen-bond donors (Lipinski definition) is 1. The van der Waals surface area contributed by atoms with Gasteiger partial charge in [0.2, 0.25) is 0 Å². The molecule has 2 heteroatoms. The Morgan fingerprint density at radius 2 is 1.76 bits per heavy atom. The minimum Gasteiger partial charge on any atom is -0.309 e. The van der Waals surface area contributed by atoms with Crippen molar-refractivity contribution in [1.29, 1.82) is 0 Å². The number of halogens is 1. The molecule has 0 amide bonds. The van der Waals surface area contributed by atoms with Gasteiger partial charge in [0.05, 0.1) is 6.04 Å². The Hall–Kier alpha value is -1.67. The van der Waals surface area contributed by atoms with Gasteiger partial charge < -0.3 is 5.32 Å². The second kappa shape index (κ2) is 6.86. The minimum absolute atomic E-state index is 0.0298. The van der Waals surface area contributed by atoms with E-state index in [1.54, 1.807) is 6.07 Å². The summed E-state index contributed by atoms with van der Waals surface area (Å²) < 4.78 is 13.7. The predicted molar refractivity (Wildman–Crippen MR) is 87.2 cm³/mol. The lowest BCUT2D eigenvalue weighted by molar-refractivity contribution is 0.614. The first-order valence-corrected chi connectivity index (χ1v) is 7.65. The molecule has 0 bridgehead atoms. The highest BCUT2D eigenvalue weighted by Gasteiger charge is 2.18. The summed E-state index contributed by atoms with van der Waals surface area (Å²) in [5, 5.41) is 3.36. The molecule has 0 fully saturated rings. The van der Waals surface area contributed by atoms with Crippen LogP contribution in [0.4, 0.5) is 4.39 Å². The zero-order valence-corrected chi connectivity index (χ0v) is 13.3. The van der Waals surface area contributed by atoms with Crippen LogP contribution in [0.25, 0.3) is 0 Å². The Morgan fingerprint density at radius 3 is 2.38 bits per heavy atom. The van der Waals surface area contributed by atoms with Crippen LogP contribution < -0.4 is 5.32 Å². The van der Waals surface area contributed by atoms with Crippen molar-refractivity contribution in [2.24, 2.45) is 0 Å². The van der Waals surface area contributed by atoms with Crippen LogP contribution in [0.1, 0.15) is 47.7 Å². The van der Waals surface area contributed by atoms with Gasteiger partial charge in [0.1, 0.15) is 5.82 Å². The summed E-state index contributed by atoms with van der Waals surface area (Å²) in [4.78, 5) is 0. The summed E-state index contributed by atoms with van der Waals surface area (Å²) in [6, 6.07) is 11.7. The monoisotopic (exact) mass is 285 g/mol. The van der Waals surface area contributed by atoms with Crippen molar-refractivity contribution in [3.63, 3.8) is 0 Å². The summed E-state index contributed by atoms with van der Waals surface area (Å²) >= 11 is 0. The van der Waals surface area contributed by atoms with Gasteiger partial charge in [0.25, 0.3) is 0 Å². The van der Waals surface area contributed by atoms with Crippen LogP contribution in [0.5, 0.6) is 0 Å². The lowest BCUT2D eigenvalue weighted by Crippen LogP contribution is -2.20. The Balaban J connectivity index is 2.57. The highest BCUT2D eigenvalue weighted by atomic mass is 19.1. The van der Waals surface area contributed by atoms with Crippen molar-refractivity contribution in [1.82, 2.24) is 5.32 Å². The fraction of sp³-hybridized carbons (Fsp3) is 0.368. The third-order valence-corrected chi connectivity index (χ3v) is 4.15. The van der Waals surface area contributed by atoms with E-state index in [0.29, 0.717) is 0 Å². The fourth-order valence-electron chi connectivity index (χ4n) is 2.86. The topological polar surface area (TPSA) is 12.0 Å². The van der Waals surface area contributed by atoms with Crippen molar-refractivity contribution in [3.8, 4) is 0 Å². The molecule has 1 nitrogen and oxygen atoms in total. The molecule has 1 unspecified atom stereocenters. The van der Waals surface area contributed by atoms with Gasteiger partial charge >= 0.3 is 0 Å². The molecule has 21 heavy (non-hydrogen) atoms. The van der Waals surface area contributed by atoms with Crippen molar-refractivity contribution in [2.75, 3.05) is 7.05 Å². The SMILES string of the molecule is CCc1ccc(CC)c(C(NC)c2cc(F)ccc2C)c1. The molecule has 0 radical (unpaired) electrons. The number of rotatable bonds is 5. The number of benzene rings is 2. The maximum Gasteiger partial charge on any atom is 0.123 e. The van der Waals surface area contributed by atoms with Crippen LogP contribution in [0, 0.1) is 12.7 Å². The quantitative estimate of drug-likeness (QED) is 0.848. The van der Waals surface area contributed by atoms with Crippen LogP contribution >= 0.6 is 0 Å². The number of aryl methyl sites for hydroxylation is 3. The van der Waals surface area contributed by atoms with E-state index >= 15 is 0 Å². The summed E-state index contributed by atoms with van der Waals surface area (Å²) in [6.45, 7) is 6.36. The molecule has 0 saturated carbocycles. The van der Waals surface area contributed by atoms with Crippen LogP contribution in [0.2, 0.25) is 0 Å². The molecule has 0 aliphatic rings. The zero-order valence-electron chi connectivity index (χ0n) is 13.3. The molecule has 0 aliphatic heterocycles. The second-order valence-corrected chi connectivity index (χ2v) is 5.46. The molecule has 0 saturated heterocycles. The maximum atomic E-state index is 13.7. The first kappa shape index (κ1) is 15.7. The molecule has 0 heterocycles. The van der Waals surface area contributed by atoms with E-state index in [4.69, 9.17) is 0 Å². The lowest BCUT2D eigenvalue weighted by atomic mass is 9.89. The predicted octanol–water partition coefficient (Wildman–Crippen LogP) is 4.57. The summed E-state index contributed by atoms with van der Waals surface area (Å²) in [5.41, 5.74) is 6.01. The van der Waals surface area contributed by atoms with E-state index in [0.717, 1.165) is 24.0 Å². The molecular weight excluding hydrogens is 261 g/mol. The molecule has 2 aromatic rings. The summed E-state index contributed by atoms with van der Waals surface area (Å²) in [7, 11) is 1.94. The molecule has 1 atom stereocenters. The van der Waals surface area contributed by atoms with E-state index < -0.39 is 0 Å². The number of hydrogen-bond acceptors (Lipinski definition) is 1. The standard InChI is InChI=1S/C19H24FN/c1-5-14-8-9-15(6-2)18(11-14)19(21-4)17-12-16(20)10-7-13(17)3/h7-12,19,21H,5-6H2,1-4H3. The maximum absolute atomic E-state index is 13.7. The highest BCUT2D eigenvalue weighted by molar-refractivity contribution is 5.42. The summed E-state index contributed by atoms with van der Waals surface area (Å²) in [6.07, 6.45) is 1.99. The van der Waals surface area contributed by atoms with E-state index in [1.165, 1.54) is 22.8 Å². The molecule has 1 N–H and O–H groups in total. The Kier molecular flexibility index (Phi) is 5.13. The summed E-state index contributed by atoms with van der Waals surface area (Å²) in [5.74, 6) is -0.180. The zero-order chi connectivity index (χ0) is 15.4. The smallest absolute Gasteiger partial charge is 0.123 e. The van der Waals surface area contributed by atoms with Gasteiger partial charge in [0.15, 0.2) is 0 Å². The molecule has 112 valence electrons. The normalized spacial score (nSPS) is 12.4. The van der Waals surface area contributed by atoms with Crippen LogP contribution in [0.3, 0.4) is 0 Å². The third-order valence-electron chi connectivity index (χ3n) is 4.15. The van der Waals surface area contributed by atoms with Gasteiger partial charge in [-0.05, 0) is 66.8 Å². The van der Waals surface area contributed by atoms with Crippen LogP contribution in [0.15, 0.2) is 36.4 Å². The average Bonchev–Trinajstić information content (AvgIpc) is 2.51. The van der Waals surface area contributed by atoms with E-state index in [-0.39, 0.29) is 11.9 Å². The van der Waals surface area contributed by atoms with E-state index in [9.17, 15) is 4.39 Å². The van der Waals surface area contributed by atoms with Gasteiger partial charge in [-0.3, -0.25) is 0 Å². The molecule has 0 aromatic heterocycles. The first-order chi connectivity index (χ1) is 10.1. The van der Waals surface area contributed by atoms with E-state index in [1.807, 2.05) is 20.0 Å². The molecule has 0 aliphatic carbocycles. The molecular formula is C19H24FN. The second-order valence-electron chi connectivity index (χ2n) is 5.46. The third kappa shape index (κ3) is 3.33. The van der Waals surface area contributed by atoms with Crippen molar-refractivity contribution >= 4 is 0 Å². The van der Waals surface area contributed by atoms with E-state index in [2.05, 4.69) is 37.4 Å². The number of nitrogens with one attached hydrogen (secondary N) is 1. The van der Waals surface area contributed by atoms with Crippen LogP contribution in [-0.4, -0.2) is 7.05 Å². The van der Waals surface area contributed by atoms with Crippen molar-refractivity contribution in [2.45, 2.75) is 39.7 Å². The molecule has 0 spiro atoms. The van der Waals surface area contributed by atoms with Gasteiger partial charge in [-0.2, -0.15) is 0 Å². The Labute approximate surface area is 127 Å².